The van der Waals surface area contributed by atoms with Gasteiger partial charge in [0.25, 0.3) is 0 Å². The summed E-state index contributed by atoms with van der Waals surface area (Å²) in [4.78, 5) is 24.7. The molecule has 1 aliphatic heterocycles. The number of thioether (sulfide) groups is 1. The van der Waals surface area contributed by atoms with Crippen molar-refractivity contribution in [1.29, 1.82) is 0 Å². The molecule has 1 heterocycles. The van der Waals surface area contributed by atoms with E-state index in [1.54, 1.807) is 65.5 Å². The summed E-state index contributed by atoms with van der Waals surface area (Å²) in [5, 5.41) is 32.9. The minimum atomic E-state index is -1.35. The van der Waals surface area contributed by atoms with Gasteiger partial charge in [-0.05, 0) is 71.3 Å². The van der Waals surface area contributed by atoms with E-state index in [4.69, 9.17) is 18.9 Å². The maximum absolute atomic E-state index is 12.4. The third kappa shape index (κ3) is 12.5. The fraction of sp³-hybridized carbons (Fsp3) is 0.724. The van der Waals surface area contributed by atoms with Crippen molar-refractivity contribution in [3.63, 3.8) is 0 Å². The molecular formula is C29H46O9S. The van der Waals surface area contributed by atoms with E-state index in [0.717, 1.165) is 5.75 Å². The second kappa shape index (κ2) is 16.4. The van der Waals surface area contributed by atoms with Crippen LogP contribution in [0.4, 0.5) is 0 Å². The normalized spacial score (nSPS) is 25.7. The Bertz CT molecular complexity index is 891. The Morgan fingerprint density at radius 1 is 0.974 bits per heavy atom. The van der Waals surface area contributed by atoms with Gasteiger partial charge in [-0.2, -0.15) is 0 Å². The number of carbonyl (C=O) groups excluding carboxylic acids is 2. The first-order valence-electron chi connectivity index (χ1n) is 13.2. The minimum Gasteiger partial charge on any atom is -0.461 e. The number of ether oxygens (including phenoxy) is 4. The van der Waals surface area contributed by atoms with Crippen LogP contribution in [0, 0.1) is 22.7 Å². The lowest BCUT2D eigenvalue weighted by atomic mass is 9.92. The number of methoxy groups -OCH3 is 1. The Morgan fingerprint density at radius 3 is 2.15 bits per heavy atom. The molecule has 0 saturated carbocycles. The highest BCUT2D eigenvalue weighted by Crippen LogP contribution is 2.25. The molecule has 3 N–H and O–H groups in total. The molecular weight excluding hydrogens is 524 g/mol. The van der Waals surface area contributed by atoms with E-state index in [1.165, 1.54) is 7.11 Å². The predicted molar refractivity (Wildman–Crippen MR) is 151 cm³/mol. The lowest BCUT2D eigenvalue weighted by Crippen LogP contribution is -2.57. The van der Waals surface area contributed by atoms with Crippen LogP contribution < -0.4 is 0 Å². The van der Waals surface area contributed by atoms with Crippen LogP contribution in [0.1, 0.15) is 61.3 Å². The van der Waals surface area contributed by atoms with E-state index in [1.807, 2.05) is 18.4 Å². The first-order valence-corrected chi connectivity index (χ1v) is 14.2. The van der Waals surface area contributed by atoms with Crippen LogP contribution in [-0.2, 0) is 28.5 Å². The zero-order chi connectivity index (χ0) is 29.8. The van der Waals surface area contributed by atoms with Crippen LogP contribution in [0.25, 0.3) is 0 Å². The molecule has 0 bridgehead atoms. The van der Waals surface area contributed by atoms with Gasteiger partial charge in [0.1, 0.15) is 31.0 Å². The van der Waals surface area contributed by atoms with Crippen molar-refractivity contribution in [2.24, 2.45) is 10.8 Å². The van der Waals surface area contributed by atoms with Gasteiger partial charge in [0.05, 0.1) is 23.0 Å². The molecule has 7 atom stereocenters. The highest BCUT2D eigenvalue weighted by atomic mass is 32.2. The van der Waals surface area contributed by atoms with Gasteiger partial charge in [-0.1, -0.05) is 24.8 Å². The van der Waals surface area contributed by atoms with Crippen molar-refractivity contribution >= 4 is 23.7 Å². The van der Waals surface area contributed by atoms with Crippen LogP contribution in [0.2, 0.25) is 0 Å². The molecule has 0 aromatic rings. The molecule has 1 saturated heterocycles. The Labute approximate surface area is 237 Å². The minimum absolute atomic E-state index is 0.0915. The zero-order valence-electron chi connectivity index (χ0n) is 24.4. The van der Waals surface area contributed by atoms with Crippen LogP contribution in [0.15, 0.2) is 23.6 Å². The average Bonchev–Trinajstić information content (AvgIpc) is 2.85. The smallest absolute Gasteiger partial charge is 0.311 e. The fourth-order valence-electron chi connectivity index (χ4n) is 3.23. The molecule has 0 aromatic heterocycles. The second-order valence-electron chi connectivity index (χ2n) is 11.4. The summed E-state index contributed by atoms with van der Waals surface area (Å²) < 4.78 is 22.1. The first-order chi connectivity index (χ1) is 18.1. The number of aliphatic hydroxyl groups is 3. The van der Waals surface area contributed by atoms with Crippen molar-refractivity contribution in [2.45, 2.75) is 104 Å². The maximum atomic E-state index is 12.4. The molecule has 10 heteroatoms. The van der Waals surface area contributed by atoms with E-state index >= 15 is 0 Å². The number of hydrogen-bond acceptors (Lipinski definition) is 10. The van der Waals surface area contributed by atoms with Crippen molar-refractivity contribution in [1.82, 2.24) is 0 Å². The molecule has 0 aromatic carbocycles. The number of carbonyl (C=O) groups is 2. The molecule has 1 aliphatic rings. The van der Waals surface area contributed by atoms with Gasteiger partial charge in [-0.15, -0.1) is 11.8 Å². The number of aliphatic hydroxyl groups excluding tert-OH is 3. The van der Waals surface area contributed by atoms with Gasteiger partial charge in [-0.3, -0.25) is 9.59 Å². The second-order valence-corrected chi connectivity index (χ2v) is 12.5. The summed E-state index contributed by atoms with van der Waals surface area (Å²) >= 11 is 1.61. The summed E-state index contributed by atoms with van der Waals surface area (Å²) in [5.41, 5.74) is -1.45. The van der Waals surface area contributed by atoms with Crippen molar-refractivity contribution in [2.75, 3.05) is 19.5 Å². The molecule has 1 fully saturated rings. The van der Waals surface area contributed by atoms with Crippen LogP contribution in [-0.4, -0.2) is 89.5 Å². The SMILES string of the molecule is CCS/C=C/C[C@H]1O[C@@H](CC#CC(/C=C/[C@@H](COC(=O)C(C)(C)C)OC(=O)C(C)(C)C)OC)[C@H](O)[C@@H](O)[C@@H]1O. The summed E-state index contributed by atoms with van der Waals surface area (Å²) in [7, 11) is 1.46. The number of hydrogen-bond donors (Lipinski definition) is 3. The number of esters is 2. The Balaban J connectivity index is 2.91. The van der Waals surface area contributed by atoms with Crippen LogP contribution in [0.5, 0.6) is 0 Å². The van der Waals surface area contributed by atoms with Crippen LogP contribution >= 0.6 is 11.8 Å². The van der Waals surface area contributed by atoms with E-state index in [0.29, 0.717) is 6.42 Å². The Morgan fingerprint density at radius 2 is 1.59 bits per heavy atom. The lowest BCUT2D eigenvalue weighted by molar-refractivity contribution is -0.219. The van der Waals surface area contributed by atoms with Gasteiger partial charge in [0.15, 0.2) is 6.10 Å². The standard InChI is InChI=1S/C29H46O9S/c1-9-39-17-11-14-22-24(31)25(32)23(30)21(38-22)13-10-12-19(35-8)15-16-20(37-27(34)29(5,6)7)18-36-26(33)28(2,3)4/h11,15-17,19-25,30-32H,9,13-14,18H2,1-8H3/b16-15+,17-11+/t19?,20-,21-,22+,23-,24+,25+/m0/s1. The van der Waals surface area contributed by atoms with Crippen LogP contribution in [0.3, 0.4) is 0 Å². The third-order valence-electron chi connectivity index (χ3n) is 5.70. The monoisotopic (exact) mass is 570 g/mol. The molecule has 1 unspecified atom stereocenters. The summed E-state index contributed by atoms with van der Waals surface area (Å²) in [5.74, 6) is 5.86. The van der Waals surface area contributed by atoms with Gasteiger partial charge < -0.3 is 34.3 Å². The Hall–Kier alpha value is -1.87. The number of rotatable bonds is 11. The summed E-state index contributed by atoms with van der Waals surface area (Å²) in [6.45, 7) is 12.2. The fourth-order valence-corrected chi connectivity index (χ4v) is 3.67. The highest BCUT2D eigenvalue weighted by molar-refractivity contribution is 8.02. The van der Waals surface area contributed by atoms with Crippen molar-refractivity contribution in [3.05, 3.63) is 23.6 Å². The zero-order valence-corrected chi connectivity index (χ0v) is 25.2. The molecule has 0 radical (unpaired) electrons. The lowest BCUT2D eigenvalue weighted by Gasteiger charge is -2.40. The van der Waals surface area contributed by atoms with E-state index < -0.39 is 65.5 Å². The van der Waals surface area contributed by atoms with E-state index in [2.05, 4.69) is 11.8 Å². The molecule has 39 heavy (non-hydrogen) atoms. The third-order valence-corrected chi connectivity index (χ3v) is 6.42. The summed E-state index contributed by atoms with van der Waals surface area (Å²) in [6.07, 6.45) is -1.37. The van der Waals surface area contributed by atoms with Crippen molar-refractivity contribution in [3.8, 4) is 11.8 Å². The maximum Gasteiger partial charge on any atom is 0.311 e. The molecule has 0 spiro atoms. The van der Waals surface area contributed by atoms with E-state index in [-0.39, 0.29) is 13.0 Å². The Kier molecular flexibility index (Phi) is 14.8. The molecule has 9 nitrogen and oxygen atoms in total. The topological polar surface area (TPSA) is 132 Å². The average molecular weight is 571 g/mol. The molecule has 222 valence electrons. The molecule has 0 aliphatic carbocycles. The highest BCUT2D eigenvalue weighted by Gasteiger charge is 2.42. The first kappa shape index (κ1) is 35.2. The molecule has 0 amide bonds. The van der Waals surface area contributed by atoms with Crippen molar-refractivity contribution < 1.29 is 43.9 Å². The predicted octanol–water partition coefficient (Wildman–Crippen LogP) is 3.01. The van der Waals surface area contributed by atoms with Gasteiger partial charge >= 0.3 is 11.9 Å². The largest absolute Gasteiger partial charge is 0.461 e. The van der Waals surface area contributed by atoms with Gasteiger partial charge in [0, 0.05) is 13.5 Å². The van der Waals surface area contributed by atoms with E-state index in [9.17, 15) is 24.9 Å². The van der Waals surface area contributed by atoms with Gasteiger partial charge in [-0.25, -0.2) is 0 Å². The van der Waals surface area contributed by atoms with Gasteiger partial charge in [0.2, 0.25) is 0 Å². The molecule has 1 rings (SSSR count). The quantitative estimate of drug-likeness (QED) is 0.193. The summed E-state index contributed by atoms with van der Waals surface area (Å²) in [6, 6.07) is 0.